The van der Waals surface area contributed by atoms with Gasteiger partial charge in [-0.25, -0.2) is 0 Å². The molecule has 3 rings (SSSR count). The summed E-state index contributed by atoms with van der Waals surface area (Å²) >= 11 is 12.3. The van der Waals surface area contributed by atoms with Gasteiger partial charge in [0.1, 0.15) is 0 Å². The number of benzene rings is 2. The maximum atomic E-state index is 12.6. The summed E-state index contributed by atoms with van der Waals surface area (Å²) in [7, 11) is 0. The highest BCUT2D eigenvalue weighted by atomic mass is 35.5. The molecule has 0 saturated carbocycles. The number of piperazine rings is 1. The molecule has 2 aromatic carbocycles. The van der Waals surface area contributed by atoms with Crippen LogP contribution in [0.15, 0.2) is 42.5 Å². The number of para-hydroxylation sites is 1. The lowest BCUT2D eigenvalue weighted by molar-refractivity contribution is -0.130. The maximum absolute atomic E-state index is 12.6. The molecule has 0 spiro atoms. The van der Waals surface area contributed by atoms with Gasteiger partial charge in [-0.1, -0.05) is 41.4 Å². The van der Waals surface area contributed by atoms with E-state index < -0.39 is 0 Å². The normalized spacial score (nSPS) is 14.7. The van der Waals surface area contributed by atoms with E-state index in [2.05, 4.69) is 4.90 Å². The van der Waals surface area contributed by atoms with Crippen molar-refractivity contribution in [2.75, 3.05) is 31.1 Å². The Labute approximate surface area is 157 Å². The SMILES string of the molecule is O=C(Cc1cc(Cl)ccc1CO)N1CCN(c2ccccc2Cl)CC1. The van der Waals surface area contributed by atoms with E-state index in [1.54, 1.807) is 18.2 Å². The number of hydrogen-bond donors (Lipinski definition) is 1. The van der Waals surface area contributed by atoms with E-state index in [9.17, 15) is 9.90 Å². The van der Waals surface area contributed by atoms with Gasteiger partial charge in [-0.3, -0.25) is 4.79 Å². The van der Waals surface area contributed by atoms with Gasteiger partial charge >= 0.3 is 0 Å². The third kappa shape index (κ3) is 4.27. The number of halogens is 2. The molecule has 1 heterocycles. The second-order valence-corrected chi connectivity index (χ2v) is 6.91. The highest BCUT2D eigenvalue weighted by molar-refractivity contribution is 6.33. The van der Waals surface area contributed by atoms with E-state index in [0.717, 1.165) is 34.9 Å². The first-order valence-corrected chi connectivity index (χ1v) is 8.99. The molecule has 1 amide bonds. The Morgan fingerprint density at radius 2 is 1.72 bits per heavy atom. The van der Waals surface area contributed by atoms with Crippen molar-refractivity contribution in [3.63, 3.8) is 0 Å². The van der Waals surface area contributed by atoms with Crippen LogP contribution in [-0.2, 0) is 17.8 Å². The number of rotatable bonds is 4. The Morgan fingerprint density at radius 1 is 1.00 bits per heavy atom. The lowest BCUT2D eigenvalue weighted by atomic mass is 10.0. The van der Waals surface area contributed by atoms with Crippen LogP contribution in [0.3, 0.4) is 0 Å². The first kappa shape index (κ1) is 18.1. The lowest BCUT2D eigenvalue weighted by Crippen LogP contribution is -2.49. The van der Waals surface area contributed by atoms with E-state index in [-0.39, 0.29) is 18.9 Å². The fourth-order valence-corrected chi connectivity index (χ4v) is 3.54. The van der Waals surface area contributed by atoms with Gasteiger partial charge in [0, 0.05) is 31.2 Å². The molecule has 0 aliphatic carbocycles. The van der Waals surface area contributed by atoms with Gasteiger partial charge in [0.05, 0.1) is 23.7 Å². The average Bonchev–Trinajstić information content (AvgIpc) is 2.62. The molecule has 1 aliphatic heterocycles. The summed E-state index contributed by atoms with van der Waals surface area (Å²) in [5.74, 6) is 0.0516. The molecule has 1 N–H and O–H groups in total. The van der Waals surface area contributed by atoms with Crippen LogP contribution < -0.4 is 4.90 Å². The fraction of sp³-hybridized carbons (Fsp3) is 0.316. The zero-order chi connectivity index (χ0) is 17.8. The van der Waals surface area contributed by atoms with Crippen molar-refractivity contribution in [3.05, 3.63) is 63.6 Å². The van der Waals surface area contributed by atoms with Crippen LogP contribution in [0.1, 0.15) is 11.1 Å². The molecule has 25 heavy (non-hydrogen) atoms. The number of nitrogens with zero attached hydrogens (tertiary/aromatic N) is 2. The van der Waals surface area contributed by atoms with Gasteiger partial charge in [-0.15, -0.1) is 0 Å². The van der Waals surface area contributed by atoms with Crippen molar-refractivity contribution >= 4 is 34.8 Å². The molecular formula is C19H20Cl2N2O2. The van der Waals surface area contributed by atoms with Crippen LogP contribution in [0.25, 0.3) is 0 Å². The van der Waals surface area contributed by atoms with Crippen LogP contribution in [0.4, 0.5) is 5.69 Å². The zero-order valence-electron chi connectivity index (χ0n) is 13.8. The maximum Gasteiger partial charge on any atom is 0.227 e. The Bertz CT molecular complexity index is 759. The summed E-state index contributed by atoms with van der Waals surface area (Å²) in [6.45, 7) is 2.70. The molecule has 0 radical (unpaired) electrons. The Morgan fingerprint density at radius 3 is 2.40 bits per heavy atom. The Kier molecular flexibility index (Phi) is 5.84. The van der Waals surface area contributed by atoms with Crippen LogP contribution >= 0.6 is 23.2 Å². The Hall–Kier alpha value is -1.75. The molecule has 1 aliphatic rings. The third-order valence-electron chi connectivity index (χ3n) is 4.51. The molecule has 4 nitrogen and oxygen atoms in total. The molecule has 2 aromatic rings. The minimum Gasteiger partial charge on any atom is -0.392 e. The number of aliphatic hydroxyl groups excluding tert-OH is 1. The second-order valence-electron chi connectivity index (χ2n) is 6.07. The van der Waals surface area contributed by atoms with Crippen molar-refractivity contribution in [2.24, 2.45) is 0 Å². The van der Waals surface area contributed by atoms with Crippen molar-refractivity contribution in [3.8, 4) is 0 Å². The number of carbonyl (C=O) groups is 1. The summed E-state index contributed by atoms with van der Waals surface area (Å²) in [6.07, 6.45) is 0.253. The minimum atomic E-state index is -0.0972. The number of anilines is 1. The van der Waals surface area contributed by atoms with Crippen molar-refractivity contribution in [1.29, 1.82) is 0 Å². The summed E-state index contributed by atoms with van der Waals surface area (Å²) in [4.78, 5) is 16.7. The molecule has 6 heteroatoms. The molecule has 0 atom stereocenters. The third-order valence-corrected chi connectivity index (χ3v) is 5.06. The summed E-state index contributed by atoms with van der Waals surface area (Å²) in [5, 5.41) is 10.7. The summed E-state index contributed by atoms with van der Waals surface area (Å²) in [5.41, 5.74) is 2.54. The average molecular weight is 379 g/mol. The van der Waals surface area contributed by atoms with Crippen LogP contribution in [-0.4, -0.2) is 42.1 Å². The number of amides is 1. The molecule has 0 unspecified atom stereocenters. The van der Waals surface area contributed by atoms with Crippen molar-refractivity contribution in [2.45, 2.75) is 13.0 Å². The number of carbonyl (C=O) groups excluding carboxylic acids is 1. The van der Waals surface area contributed by atoms with Crippen LogP contribution in [0.5, 0.6) is 0 Å². The van der Waals surface area contributed by atoms with Gasteiger partial charge in [-0.2, -0.15) is 0 Å². The number of hydrogen-bond acceptors (Lipinski definition) is 3. The van der Waals surface area contributed by atoms with Gasteiger partial charge in [-0.05, 0) is 35.4 Å². The summed E-state index contributed by atoms with van der Waals surface area (Å²) in [6, 6.07) is 13.0. The first-order valence-electron chi connectivity index (χ1n) is 8.24. The van der Waals surface area contributed by atoms with Crippen LogP contribution in [0, 0.1) is 0 Å². The van der Waals surface area contributed by atoms with Gasteiger partial charge in [0.2, 0.25) is 5.91 Å². The topological polar surface area (TPSA) is 43.8 Å². The van der Waals surface area contributed by atoms with Gasteiger partial charge < -0.3 is 14.9 Å². The van der Waals surface area contributed by atoms with E-state index in [0.29, 0.717) is 18.1 Å². The Balaban J connectivity index is 1.62. The van der Waals surface area contributed by atoms with Crippen molar-refractivity contribution in [1.82, 2.24) is 4.90 Å². The molecule has 132 valence electrons. The molecule has 0 bridgehead atoms. The quantitative estimate of drug-likeness (QED) is 0.886. The monoisotopic (exact) mass is 378 g/mol. The van der Waals surface area contributed by atoms with Crippen LogP contribution in [0.2, 0.25) is 10.0 Å². The highest BCUT2D eigenvalue weighted by Gasteiger charge is 2.23. The summed E-state index contributed by atoms with van der Waals surface area (Å²) < 4.78 is 0. The molecule has 1 saturated heterocycles. The molecular weight excluding hydrogens is 359 g/mol. The van der Waals surface area contributed by atoms with E-state index in [1.807, 2.05) is 29.2 Å². The van der Waals surface area contributed by atoms with Crippen molar-refractivity contribution < 1.29 is 9.90 Å². The standard InChI is InChI=1S/C19H20Cl2N2O2/c20-16-6-5-14(13-24)15(11-16)12-19(25)23-9-7-22(8-10-23)18-4-2-1-3-17(18)21/h1-6,11,24H,7-10,12-13H2. The predicted molar refractivity (Wildman–Crippen MR) is 101 cm³/mol. The van der Waals surface area contributed by atoms with E-state index >= 15 is 0 Å². The van der Waals surface area contributed by atoms with Gasteiger partial charge in [0.25, 0.3) is 0 Å². The molecule has 0 aromatic heterocycles. The predicted octanol–water partition coefficient (Wildman–Crippen LogP) is 3.38. The minimum absolute atomic E-state index is 0.0516. The highest BCUT2D eigenvalue weighted by Crippen LogP contribution is 2.26. The lowest BCUT2D eigenvalue weighted by Gasteiger charge is -2.36. The first-order chi connectivity index (χ1) is 12.1. The fourth-order valence-electron chi connectivity index (χ4n) is 3.09. The van der Waals surface area contributed by atoms with Gasteiger partial charge in [0.15, 0.2) is 0 Å². The van der Waals surface area contributed by atoms with E-state index in [1.165, 1.54) is 0 Å². The smallest absolute Gasteiger partial charge is 0.227 e. The second kappa shape index (κ2) is 8.09. The van der Waals surface area contributed by atoms with E-state index in [4.69, 9.17) is 23.2 Å². The number of aliphatic hydroxyl groups is 1. The molecule has 1 fully saturated rings. The largest absolute Gasteiger partial charge is 0.392 e. The zero-order valence-corrected chi connectivity index (χ0v) is 15.3.